The first-order valence-electron chi connectivity index (χ1n) is 6.19. The summed E-state index contributed by atoms with van der Waals surface area (Å²) < 4.78 is 0. The molecule has 2 N–H and O–H groups in total. The second-order valence-electron chi connectivity index (χ2n) is 4.53. The molecule has 0 saturated heterocycles. The summed E-state index contributed by atoms with van der Waals surface area (Å²) in [5.74, 6) is 0. The van der Waals surface area contributed by atoms with E-state index >= 15 is 0 Å². The van der Waals surface area contributed by atoms with Gasteiger partial charge in [0.2, 0.25) is 0 Å². The molecule has 0 aliphatic heterocycles. The van der Waals surface area contributed by atoms with Crippen LogP contribution in [0.1, 0.15) is 18.5 Å². The van der Waals surface area contributed by atoms with E-state index < -0.39 is 0 Å². The van der Waals surface area contributed by atoms with E-state index in [2.05, 4.69) is 22.4 Å². The molecule has 1 aromatic heterocycles. The summed E-state index contributed by atoms with van der Waals surface area (Å²) in [5.41, 5.74) is 3.13. The number of hydrogen-bond acceptors (Lipinski definition) is 2. The fraction of sp³-hybridized carbons (Fsp3) is 0.133. The zero-order valence-corrected chi connectivity index (χ0v) is 11.3. The molecule has 19 heavy (non-hydrogen) atoms. The van der Waals surface area contributed by atoms with Gasteiger partial charge in [-0.15, -0.1) is 0 Å². The highest BCUT2D eigenvalue weighted by atomic mass is 35.5. The SMILES string of the molecule is CC(Nc1cccc2cn[nH]c12)c1ccccc1Cl. The minimum atomic E-state index is 0.127. The van der Waals surface area contributed by atoms with Gasteiger partial charge in [0.1, 0.15) is 0 Å². The molecule has 3 rings (SSSR count). The minimum Gasteiger partial charge on any atom is -0.377 e. The molecule has 96 valence electrons. The van der Waals surface area contributed by atoms with Gasteiger partial charge in [0.25, 0.3) is 0 Å². The van der Waals surface area contributed by atoms with Crippen LogP contribution in [-0.4, -0.2) is 10.2 Å². The number of para-hydroxylation sites is 1. The number of nitrogens with zero attached hydrogens (tertiary/aromatic N) is 1. The fourth-order valence-corrected chi connectivity index (χ4v) is 2.53. The molecular formula is C15H14ClN3. The quantitative estimate of drug-likeness (QED) is 0.742. The van der Waals surface area contributed by atoms with Gasteiger partial charge in [-0.05, 0) is 24.6 Å². The van der Waals surface area contributed by atoms with Gasteiger partial charge in [-0.25, -0.2) is 0 Å². The number of fused-ring (bicyclic) bond motifs is 1. The van der Waals surface area contributed by atoms with Crippen molar-refractivity contribution in [2.24, 2.45) is 0 Å². The number of benzene rings is 2. The van der Waals surface area contributed by atoms with Crippen LogP contribution in [0.15, 0.2) is 48.7 Å². The lowest BCUT2D eigenvalue weighted by Gasteiger charge is -2.17. The molecule has 1 atom stereocenters. The Hall–Kier alpha value is -2.00. The lowest BCUT2D eigenvalue weighted by atomic mass is 10.1. The molecule has 1 heterocycles. The van der Waals surface area contributed by atoms with Crippen molar-refractivity contribution in [3.8, 4) is 0 Å². The highest BCUT2D eigenvalue weighted by Gasteiger charge is 2.10. The number of H-pyrrole nitrogens is 1. The highest BCUT2D eigenvalue weighted by Crippen LogP contribution is 2.28. The molecule has 0 saturated carbocycles. The summed E-state index contributed by atoms with van der Waals surface area (Å²) in [7, 11) is 0. The molecule has 3 nitrogen and oxygen atoms in total. The Bertz CT molecular complexity index is 705. The third-order valence-corrected chi connectivity index (χ3v) is 3.56. The second kappa shape index (κ2) is 4.94. The molecule has 1 unspecified atom stereocenters. The molecule has 0 amide bonds. The van der Waals surface area contributed by atoms with E-state index in [4.69, 9.17) is 11.6 Å². The van der Waals surface area contributed by atoms with Crippen molar-refractivity contribution in [1.29, 1.82) is 0 Å². The van der Waals surface area contributed by atoms with Crippen LogP contribution in [0, 0.1) is 0 Å². The van der Waals surface area contributed by atoms with E-state index in [-0.39, 0.29) is 6.04 Å². The lowest BCUT2D eigenvalue weighted by molar-refractivity contribution is 0.886. The van der Waals surface area contributed by atoms with Crippen molar-refractivity contribution in [2.75, 3.05) is 5.32 Å². The molecule has 0 aliphatic rings. The van der Waals surface area contributed by atoms with E-state index in [1.165, 1.54) is 0 Å². The zero-order chi connectivity index (χ0) is 13.2. The van der Waals surface area contributed by atoms with Crippen LogP contribution in [-0.2, 0) is 0 Å². The van der Waals surface area contributed by atoms with Crippen LogP contribution in [0.3, 0.4) is 0 Å². The van der Waals surface area contributed by atoms with Crippen LogP contribution in [0.4, 0.5) is 5.69 Å². The second-order valence-corrected chi connectivity index (χ2v) is 4.93. The molecular weight excluding hydrogens is 258 g/mol. The first-order valence-corrected chi connectivity index (χ1v) is 6.56. The normalized spacial score (nSPS) is 12.5. The monoisotopic (exact) mass is 271 g/mol. The third-order valence-electron chi connectivity index (χ3n) is 3.22. The predicted molar refractivity (Wildman–Crippen MR) is 79.6 cm³/mol. The summed E-state index contributed by atoms with van der Waals surface area (Å²) in [5, 5.41) is 12.4. The third kappa shape index (κ3) is 2.29. The summed E-state index contributed by atoms with van der Waals surface area (Å²) >= 11 is 6.22. The van der Waals surface area contributed by atoms with Crippen LogP contribution in [0.2, 0.25) is 5.02 Å². The molecule has 0 aliphatic carbocycles. The minimum absolute atomic E-state index is 0.127. The van der Waals surface area contributed by atoms with Gasteiger partial charge in [0.05, 0.1) is 23.4 Å². The van der Waals surface area contributed by atoms with Gasteiger partial charge in [0.15, 0.2) is 0 Å². The Morgan fingerprint density at radius 3 is 2.84 bits per heavy atom. The van der Waals surface area contributed by atoms with Crippen molar-refractivity contribution in [3.05, 3.63) is 59.2 Å². The van der Waals surface area contributed by atoms with Crippen molar-refractivity contribution in [3.63, 3.8) is 0 Å². The average Bonchev–Trinajstić information content (AvgIpc) is 2.88. The zero-order valence-electron chi connectivity index (χ0n) is 10.5. The van der Waals surface area contributed by atoms with Gasteiger partial charge in [0, 0.05) is 10.4 Å². The summed E-state index contributed by atoms with van der Waals surface area (Å²) in [6, 6.07) is 14.1. The first-order chi connectivity index (χ1) is 9.25. The number of nitrogens with one attached hydrogen (secondary N) is 2. The summed E-state index contributed by atoms with van der Waals surface area (Å²) in [4.78, 5) is 0. The van der Waals surface area contributed by atoms with Crippen molar-refractivity contribution in [2.45, 2.75) is 13.0 Å². The summed E-state index contributed by atoms with van der Waals surface area (Å²) in [6.07, 6.45) is 1.82. The Balaban J connectivity index is 1.93. The van der Waals surface area contributed by atoms with Gasteiger partial charge < -0.3 is 5.32 Å². The lowest BCUT2D eigenvalue weighted by Crippen LogP contribution is -2.07. The topological polar surface area (TPSA) is 40.7 Å². The van der Waals surface area contributed by atoms with E-state index in [0.717, 1.165) is 27.2 Å². The average molecular weight is 272 g/mol. The van der Waals surface area contributed by atoms with Crippen molar-refractivity contribution in [1.82, 2.24) is 10.2 Å². The molecule has 3 aromatic rings. The van der Waals surface area contributed by atoms with Gasteiger partial charge >= 0.3 is 0 Å². The molecule has 0 fully saturated rings. The molecule has 0 spiro atoms. The standard InChI is InChI=1S/C15H14ClN3/c1-10(12-6-2-3-7-13(12)16)18-14-8-4-5-11-9-17-19-15(11)14/h2-10,18H,1H3,(H,17,19). The van der Waals surface area contributed by atoms with Crippen LogP contribution in [0.5, 0.6) is 0 Å². The molecule has 2 aromatic carbocycles. The Morgan fingerprint density at radius 2 is 2.00 bits per heavy atom. The van der Waals surface area contributed by atoms with Gasteiger partial charge in [-0.3, -0.25) is 5.10 Å². The number of rotatable bonds is 3. The maximum absolute atomic E-state index is 6.22. The first kappa shape index (κ1) is 12.1. The summed E-state index contributed by atoms with van der Waals surface area (Å²) in [6.45, 7) is 2.09. The van der Waals surface area contributed by atoms with Crippen molar-refractivity contribution < 1.29 is 0 Å². The van der Waals surface area contributed by atoms with E-state index in [9.17, 15) is 0 Å². The fourth-order valence-electron chi connectivity index (χ4n) is 2.23. The number of hydrogen-bond donors (Lipinski definition) is 2. The maximum Gasteiger partial charge on any atom is 0.0881 e. The predicted octanol–water partition coefficient (Wildman–Crippen LogP) is 4.39. The highest BCUT2D eigenvalue weighted by molar-refractivity contribution is 6.31. The Morgan fingerprint density at radius 1 is 1.16 bits per heavy atom. The number of halogens is 1. The molecule has 0 bridgehead atoms. The molecule has 4 heteroatoms. The van der Waals surface area contributed by atoms with E-state index in [0.29, 0.717) is 0 Å². The Labute approximate surface area is 116 Å². The van der Waals surface area contributed by atoms with E-state index in [1.54, 1.807) is 0 Å². The smallest absolute Gasteiger partial charge is 0.0881 e. The Kier molecular flexibility index (Phi) is 3.13. The van der Waals surface area contributed by atoms with Crippen molar-refractivity contribution >= 4 is 28.2 Å². The van der Waals surface area contributed by atoms with Gasteiger partial charge in [-0.2, -0.15) is 5.10 Å². The van der Waals surface area contributed by atoms with Crippen LogP contribution in [0.25, 0.3) is 10.9 Å². The molecule has 0 radical (unpaired) electrons. The number of anilines is 1. The van der Waals surface area contributed by atoms with Crippen LogP contribution < -0.4 is 5.32 Å². The van der Waals surface area contributed by atoms with E-state index in [1.807, 2.05) is 48.7 Å². The largest absolute Gasteiger partial charge is 0.377 e. The van der Waals surface area contributed by atoms with Crippen LogP contribution >= 0.6 is 11.6 Å². The number of aromatic nitrogens is 2. The maximum atomic E-state index is 6.22. The van der Waals surface area contributed by atoms with Gasteiger partial charge in [-0.1, -0.05) is 41.9 Å². The number of aromatic amines is 1.